The molecule has 2 aromatic rings. The van der Waals surface area contributed by atoms with Gasteiger partial charge in [0.1, 0.15) is 17.9 Å². The monoisotopic (exact) mass is 606 g/mol. The van der Waals surface area contributed by atoms with Crippen LogP contribution >= 0.6 is 0 Å². The molecule has 1 aromatic carbocycles. The topological polar surface area (TPSA) is 146 Å². The quantitative estimate of drug-likeness (QED) is 0.347. The lowest BCUT2D eigenvalue weighted by molar-refractivity contribution is -0.147. The molecule has 1 aromatic heterocycles. The first-order chi connectivity index (χ1) is 21.2. The predicted octanol–water partition coefficient (Wildman–Crippen LogP) is 4.12. The first-order valence-corrected chi connectivity index (χ1v) is 16.2. The third-order valence-electron chi connectivity index (χ3n) is 9.33. The third-order valence-corrected chi connectivity index (χ3v) is 9.33. The summed E-state index contributed by atoms with van der Waals surface area (Å²) in [5, 5.41) is 6.06. The maximum absolute atomic E-state index is 14.0. The van der Waals surface area contributed by atoms with Gasteiger partial charge in [-0.2, -0.15) is 0 Å². The molecule has 2 aliphatic rings. The second kappa shape index (κ2) is 15.3. The average Bonchev–Trinajstić information content (AvgIpc) is 3.04. The lowest BCUT2D eigenvalue weighted by atomic mass is 9.87. The van der Waals surface area contributed by atoms with Crippen LogP contribution < -0.4 is 16.1 Å². The van der Waals surface area contributed by atoms with E-state index < -0.39 is 41.3 Å². The Morgan fingerprint density at radius 2 is 1.75 bits per heavy atom. The van der Waals surface area contributed by atoms with E-state index in [0.29, 0.717) is 62.4 Å². The molecular formula is C34H46N4O6. The van der Waals surface area contributed by atoms with Gasteiger partial charge in [-0.3, -0.25) is 28.8 Å². The van der Waals surface area contributed by atoms with Gasteiger partial charge in [-0.15, -0.1) is 0 Å². The second-order valence-electron chi connectivity index (χ2n) is 12.3. The lowest BCUT2D eigenvalue weighted by Crippen LogP contribution is -2.59. The predicted molar refractivity (Wildman–Crippen MR) is 168 cm³/mol. The highest BCUT2D eigenvalue weighted by atomic mass is 16.2. The molecule has 4 rings (SSSR count). The Kier molecular flexibility index (Phi) is 11.5. The highest BCUT2D eigenvalue weighted by Gasteiger charge is 2.41. The molecule has 238 valence electrons. The minimum Gasteiger partial charge on any atom is -0.361 e. The van der Waals surface area contributed by atoms with E-state index in [4.69, 9.17) is 0 Å². The van der Waals surface area contributed by atoms with Gasteiger partial charge in [0.05, 0.1) is 6.04 Å². The fourth-order valence-electron chi connectivity index (χ4n) is 6.34. The summed E-state index contributed by atoms with van der Waals surface area (Å²) < 4.78 is 0. The number of carbonyl (C=O) groups excluding carboxylic acids is 5. The van der Waals surface area contributed by atoms with Crippen LogP contribution in [0.1, 0.15) is 103 Å². The number of Topliss-reactive ketones (excluding diaryl/α,β-unsaturated/α-hetero) is 2. The van der Waals surface area contributed by atoms with E-state index in [2.05, 4.69) is 15.6 Å². The molecule has 3 heterocycles. The molecule has 0 aliphatic carbocycles. The number of amides is 3. The zero-order chi connectivity index (χ0) is 31.8. The summed E-state index contributed by atoms with van der Waals surface area (Å²) in [7, 11) is 0. The summed E-state index contributed by atoms with van der Waals surface area (Å²) in [4.78, 5) is 85.8. The molecule has 0 radical (unpaired) electrons. The number of piperidine rings is 1. The fourth-order valence-corrected chi connectivity index (χ4v) is 6.34. The number of hydrogen-bond donors (Lipinski definition) is 3. The molecule has 3 N–H and O–H groups in total. The van der Waals surface area contributed by atoms with Crippen molar-refractivity contribution in [1.82, 2.24) is 20.5 Å². The first kappa shape index (κ1) is 33.1. The molecule has 0 saturated carbocycles. The molecule has 5 atom stereocenters. The van der Waals surface area contributed by atoms with Gasteiger partial charge in [-0.25, -0.2) is 0 Å². The smallest absolute Gasteiger partial charge is 0.248 e. The van der Waals surface area contributed by atoms with Gasteiger partial charge in [0, 0.05) is 54.4 Å². The van der Waals surface area contributed by atoms with E-state index in [1.807, 2.05) is 20.8 Å². The fraction of sp³-hybridized carbons (Fsp3) is 0.588. The number of nitrogens with zero attached hydrogens (tertiary/aromatic N) is 1. The van der Waals surface area contributed by atoms with Crippen LogP contribution in [0, 0.1) is 11.8 Å². The van der Waals surface area contributed by atoms with E-state index in [9.17, 15) is 28.8 Å². The number of ketones is 2. The zero-order valence-corrected chi connectivity index (χ0v) is 26.2. The van der Waals surface area contributed by atoms with E-state index in [-0.39, 0.29) is 35.4 Å². The Bertz CT molecular complexity index is 1430. The highest BCUT2D eigenvalue weighted by Crippen LogP contribution is 2.27. The Hall–Kier alpha value is -3.82. The number of pyridine rings is 1. The molecular weight excluding hydrogens is 560 g/mol. The summed E-state index contributed by atoms with van der Waals surface area (Å²) in [6, 6.07) is 3.99. The first-order valence-electron chi connectivity index (χ1n) is 16.2. The van der Waals surface area contributed by atoms with Crippen LogP contribution in [0.2, 0.25) is 0 Å². The lowest BCUT2D eigenvalue weighted by Gasteiger charge is -2.39. The van der Waals surface area contributed by atoms with Crippen molar-refractivity contribution in [3.05, 3.63) is 46.2 Å². The second-order valence-corrected chi connectivity index (χ2v) is 12.3. The van der Waals surface area contributed by atoms with Crippen LogP contribution in [0.25, 0.3) is 10.9 Å². The van der Waals surface area contributed by atoms with Crippen molar-refractivity contribution in [3.63, 3.8) is 0 Å². The molecule has 2 aliphatic heterocycles. The Morgan fingerprint density at radius 3 is 2.50 bits per heavy atom. The SMILES string of the molecule is CCC(=O)CCCCC[C@@H]1CC(=O)[C@H]2CCCCN2C(=O)[C@H]([C@H](C)CC)NC(=O)[C@H](c2c[nH]c3ccccc3c2=O)NC1=O. The molecule has 10 nitrogen and oxygen atoms in total. The Labute approximate surface area is 258 Å². The number of aromatic nitrogens is 1. The van der Waals surface area contributed by atoms with Crippen LogP contribution in [0.4, 0.5) is 0 Å². The molecule has 2 saturated heterocycles. The number of hydrogen-bond acceptors (Lipinski definition) is 6. The molecule has 3 amide bonds. The van der Waals surface area contributed by atoms with Gasteiger partial charge < -0.3 is 20.5 Å². The van der Waals surface area contributed by atoms with Crippen molar-refractivity contribution in [2.75, 3.05) is 6.54 Å². The van der Waals surface area contributed by atoms with E-state index in [1.165, 1.54) is 6.20 Å². The van der Waals surface area contributed by atoms with E-state index >= 15 is 0 Å². The van der Waals surface area contributed by atoms with Crippen LogP contribution in [0.15, 0.2) is 35.3 Å². The third kappa shape index (κ3) is 7.63. The summed E-state index contributed by atoms with van der Waals surface area (Å²) in [5.41, 5.74) is 0.249. The number of unbranched alkanes of at least 4 members (excludes halogenated alkanes) is 2. The number of carbonyl (C=O) groups is 5. The highest BCUT2D eigenvalue weighted by molar-refractivity contribution is 5.98. The van der Waals surface area contributed by atoms with Crippen LogP contribution in [0.3, 0.4) is 0 Å². The molecule has 0 bridgehead atoms. The average molecular weight is 607 g/mol. The van der Waals surface area contributed by atoms with E-state index in [0.717, 1.165) is 19.3 Å². The molecule has 2 fully saturated rings. The van der Waals surface area contributed by atoms with Gasteiger partial charge in [0.15, 0.2) is 11.2 Å². The maximum Gasteiger partial charge on any atom is 0.248 e. The van der Waals surface area contributed by atoms with Crippen molar-refractivity contribution in [2.24, 2.45) is 11.8 Å². The van der Waals surface area contributed by atoms with Crippen molar-refractivity contribution in [2.45, 2.75) is 110 Å². The number of fused-ring (bicyclic) bond motifs is 2. The van der Waals surface area contributed by atoms with Crippen molar-refractivity contribution < 1.29 is 24.0 Å². The number of H-pyrrole nitrogens is 1. The van der Waals surface area contributed by atoms with Crippen molar-refractivity contribution in [1.29, 1.82) is 0 Å². The molecule has 0 unspecified atom stereocenters. The molecule has 44 heavy (non-hydrogen) atoms. The van der Waals surface area contributed by atoms with Crippen LogP contribution in [-0.4, -0.2) is 57.8 Å². The minimum atomic E-state index is -1.37. The normalized spacial score (nSPS) is 24.1. The van der Waals surface area contributed by atoms with Crippen LogP contribution in [-0.2, 0) is 24.0 Å². The van der Waals surface area contributed by atoms with Gasteiger partial charge >= 0.3 is 0 Å². The Morgan fingerprint density at radius 1 is 0.977 bits per heavy atom. The number of nitrogens with one attached hydrogen (secondary N) is 3. The standard InChI is InChI=1S/C34H46N4O6/c1-4-21(3)29-34(44)38-18-12-11-17-27(38)28(40)19-22(13-7-6-8-14-23(39)5-2)32(42)37-30(33(43)36-29)25-20-35-26-16-10-9-15-24(26)31(25)41/h9-10,15-16,20-22,27,29-30H,4-8,11-14,17-19H2,1-3H3,(H,35,41)(H,36,43)(H,37,42)/t21-,22-,27-,29+,30+/m1/s1. The summed E-state index contributed by atoms with van der Waals surface area (Å²) >= 11 is 0. The molecule has 10 heteroatoms. The van der Waals surface area contributed by atoms with Gasteiger partial charge in [0.25, 0.3) is 0 Å². The van der Waals surface area contributed by atoms with Crippen molar-refractivity contribution >= 4 is 40.2 Å². The zero-order valence-electron chi connectivity index (χ0n) is 26.2. The van der Waals surface area contributed by atoms with E-state index in [1.54, 1.807) is 29.2 Å². The minimum absolute atomic E-state index is 0.0564. The Balaban J connectivity index is 1.71. The maximum atomic E-state index is 14.0. The largest absolute Gasteiger partial charge is 0.361 e. The summed E-state index contributed by atoms with van der Waals surface area (Å²) in [6.45, 7) is 6.04. The number of aromatic amines is 1. The van der Waals surface area contributed by atoms with Crippen LogP contribution in [0.5, 0.6) is 0 Å². The number of benzene rings is 1. The number of rotatable bonds is 10. The summed E-state index contributed by atoms with van der Waals surface area (Å²) in [5.74, 6) is -2.39. The van der Waals surface area contributed by atoms with Gasteiger partial charge in [0.2, 0.25) is 17.7 Å². The van der Waals surface area contributed by atoms with Gasteiger partial charge in [-0.05, 0) is 50.2 Å². The van der Waals surface area contributed by atoms with Crippen molar-refractivity contribution in [3.8, 4) is 0 Å². The number of para-hydroxylation sites is 1. The summed E-state index contributed by atoms with van der Waals surface area (Å²) in [6.07, 6.45) is 7.46. The molecule has 0 spiro atoms. The van der Waals surface area contributed by atoms with Gasteiger partial charge in [-0.1, -0.05) is 52.2 Å².